The third-order valence-electron chi connectivity index (χ3n) is 10.7. The summed E-state index contributed by atoms with van der Waals surface area (Å²) in [5.74, 6) is -2.58. The van der Waals surface area contributed by atoms with E-state index in [1.54, 1.807) is 49.7 Å². The molecule has 0 radical (unpaired) electrons. The second kappa shape index (κ2) is 20.1. The largest absolute Gasteiger partial charge is 0.507 e. The minimum Gasteiger partial charge on any atom is -0.507 e. The number of ether oxygens (including phenoxy) is 3. The summed E-state index contributed by atoms with van der Waals surface area (Å²) in [6.45, 7) is 6.07. The smallest absolute Gasteiger partial charge is 0.347 e. The molecule has 2 bridgehead atoms. The monoisotopic (exact) mass is 840 g/mol. The van der Waals surface area contributed by atoms with Gasteiger partial charge in [0, 0.05) is 24.2 Å². The molecule has 62 heavy (non-hydrogen) atoms. The van der Waals surface area contributed by atoms with E-state index in [0.29, 0.717) is 11.8 Å². The lowest BCUT2D eigenvalue weighted by molar-refractivity contribution is -0.0444. The first kappa shape index (κ1) is 44.0. The summed E-state index contributed by atoms with van der Waals surface area (Å²) >= 11 is 0. The van der Waals surface area contributed by atoms with Crippen LogP contribution in [0.3, 0.4) is 0 Å². The van der Waals surface area contributed by atoms with Crippen LogP contribution in [-0.2, 0) is 0 Å². The number of nitrogens with zero attached hydrogens (tertiary/aromatic N) is 2. The Morgan fingerprint density at radius 3 is 1.73 bits per heavy atom. The van der Waals surface area contributed by atoms with Crippen molar-refractivity contribution >= 4 is 34.8 Å². The number of para-hydroxylation sites is 4. The van der Waals surface area contributed by atoms with Crippen LogP contribution in [0.15, 0.2) is 140 Å². The van der Waals surface area contributed by atoms with Crippen molar-refractivity contribution in [3.63, 3.8) is 0 Å². The lowest BCUT2D eigenvalue weighted by Crippen LogP contribution is -2.54. The van der Waals surface area contributed by atoms with Crippen molar-refractivity contribution in [1.82, 2.24) is 9.88 Å². The molecule has 3 aliphatic heterocycles. The van der Waals surface area contributed by atoms with Crippen molar-refractivity contribution in [1.29, 1.82) is 0 Å². The Kier molecular flexibility index (Phi) is 14.3. The van der Waals surface area contributed by atoms with Gasteiger partial charge in [0.15, 0.2) is 0 Å². The Morgan fingerprint density at radius 2 is 1.26 bits per heavy atom. The number of hydrogen-bond donors (Lipinski definition) is 5. The Hall–Kier alpha value is -7.55. The van der Waals surface area contributed by atoms with Gasteiger partial charge in [0.2, 0.25) is 0 Å². The van der Waals surface area contributed by atoms with E-state index in [-0.39, 0.29) is 51.3 Å². The van der Waals surface area contributed by atoms with Gasteiger partial charge < -0.3 is 39.7 Å². The van der Waals surface area contributed by atoms with Gasteiger partial charge in [-0.2, -0.15) is 0 Å². The standard InChI is InChI=1S/C20H24N2O2.2C14H10O5/c1-3-13-12-22-9-7-14(13)10-19(22)20(23)16-6-8-21-18-5-4-15(24-2)11-17(16)18;2*15-11-7-3-1-5-9(11)14(18)19-12-8-4-2-6-10(12)13(16)17/h3-6,8,11,13-14,19-20,23H,1,7,9-10,12H2,2H3;2*1-8,15H,(H,16,17)/t13-,14-,19-,20+;;/m0../s1. The molecule has 9 rings (SSSR count). The lowest BCUT2D eigenvalue weighted by atomic mass is 9.73. The van der Waals surface area contributed by atoms with E-state index in [0.717, 1.165) is 41.7 Å². The van der Waals surface area contributed by atoms with Crippen molar-refractivity contribution in [2.24, 2.45) is 11.8 Å². The third-order valence-corrected chi connectivity index (χ3v) is 10.7. The topological polar surface area (TPSA) is 213 Å². The molecule has 0 amide bonds. The highest BCUT2D eigenvalue weighted by molar-refractivity contribution is 5.98. The number of fused-ring (bicyclic) bond motifs is 4. The molecule has 3 fully saturated rings. The zero-order valence-electron chi connectivity index (χ0n) is 33.5. The van der Waals surface area contributed by atoms with Crippen LogP contribution in [0.4, 0.5) is 0 Å². The maximum atomic E-state index is 11.8. The molecule has 6 aromatic rings. The van der Waals surface area contributed by atoms with E-state index in [4.69, 9.17) is 24.4 Å². The van der Waals surface area contributed by atoms with E-state index < -0.39 is 30.0 Å². The predicted octanol–water partition coefficient (Wildman–Crippen LogP) is 7.79. The summed E-state index contributed by atoms with van der Waals surface area (Å²) in [5, 5.41) is 49.1. The molecule has 3 aliphatic rings. The molecule has 14 heteroatoms. The van der Waals surface area contributed by atoms with E-state index in [1.807, 2.05) is 24.3 Å². The van der Waals surface area contributed by atoms with Crippen molar-refractivity contribution in [3.05, 3.63) is 168 Å². The van der Waals surface area contributed by atoms with Gasteiger partial charge >= 0.3 is 23.9 Å². The number of carbonyl (C=O) groups is 4. The molecule has 318 valence electrons. The number of carboxylic acids is 2. The number of carboxylic acid groups (broad SMARTS) is 2. The molecule has 0 aliphatic carbocycles. The van der Waals surface area contributed by atoms with Crippen LogP contribution in [-0.4, -0.2) is 85.5 Å². The molecule has 3 saturated heterocycles. The molecule has 5 N–H and O–H groups in total. The summed E-state index contributed by atoms with van der Waals surface area (Å²) in [7, 11) is 1.66. The molecule has 0 saturated carbocycles. The Labute approximate surface area is 356 Å². The van der Waals surface area contributed by atoms with Gasteiger partial charge in [0.1, 0.15) is 51.0 Å². The van der Waals surface area contributed by atoms with Gasteiger partial charge in [0.05, 0.1) is 18.7 Å². The van der Waals surface area contributed by atoms with Crippen LogP contribution in [0, 0.1) is 11.8 Å². The number of aliphatic hydroxyl groups excluding tert-OH is 1. The van der Waals surface area contributed by atoms with E-state index >= 15 is 0 Å². The highest BCUT2D eigenvalue weighted by Gasteiger charge is 2.42. The fraction of sp³-hybridized carbons (Fsp3) is 0.188. The number of piperidine rings is 3. The van der Waals surface area contributed by atoms with E-state index in [1.165, 1.54) is 67.1 Å². The van der Waals surface area contributed by atoms with Gasteiger partial charge in [-0.3, -0.25) is 9.88 Å². The summed E-state index contributed by atoms with van der Waals surface area (Å²) in [6.07, 6.45) is 5.62. The molecular weight excluding hydrogens is 797 g/mol. The first-order valence-corrected chi connectivity index (χ1v) is 19.5. The average molecular weight is 841 g/mol. The Morgan fingerprint density at radius 1 is 0.742 bits per heavy atom. The van der Waals surface area contributed by atoms with Crippen LogP contribution in [0.5, 0.6) is 28.7 Å². The summed E-state index contributed by atoms with van der Waals surface area (Å²) in [6, 6.07) is 31.3. The third kappa shape index (κ3) is 10.2. The first-order chi connectivity index (χ1) is 29.9. The SMILES string of the molecule is C=C[C@H]1CN2CC[C@H]1C[C@H]2[C@H](O)c1ccnc2ccc(OC)cc12.O=C(Oc1ccccc1C(=O)O)c1ccccc1O.O=C(Oc1ccccc1C(=O)O)c1ccccc1O. The van der Waals surface area contributed by atoms with Crippen molar-refractivity contribution in [3.8, 4) is 28.7 Å². The number of pyridine rings is 1. The molecule has 1 unspecified atom stereocenters. The summed E-state index contributed by atoms with van der Waals surface area (Å²) in [5.41, 5.74) is 1.56. The molecule has 5 atom stereocenters. The average Bonchev–Trinajstić information content (AvgIpc) is 3.29. The number of hydrogen-bond acceptors (Lipinski definition) is 12. The number of phenols is 2. The number of methoxy groups -OCH3 is 1. The highest BCUT2D eigenvalue weighted by Crippen LogP contribution is 2.42. The van der Waals surface area contributed by atoms with Gasteiger partial charge in [-0.25, -0.2) is 19.2 Å². The quantitative estimate of drug-likeness (QED) is 0.0506. The predicted molar refractivity (Wildman–Crippen MR) is 228 cm³/mol. The fourth-order valence-corrected chi connectivity index (χ4v) is 7.51. The fourth-order valence-electron chi connectivity index (χ4n) is 7.51. The van der Waals surface area contributed by atoms with Gasteiger partial charge in [-0.05, 0) is 110 Å². The Bertz CT molecular complexity index is 2480. The number of carbonyl (C=O) groups excluding carboxylic acids is 2. The first-order valence-electron chi connectivity index (χ1n) is 19.5. The van der Waals surface area contributed by atoms with Crippen LogP contribution in [0.2, 0.25) is 0 Å². The van der Waals surface area contributed by atoms with E-state index in [2.05, 4.69) is 22.5 Å². The van der Waals surface area contributed by atoms with Crippen LogP contribution >= 0.6 is 0 Å². The molecule has 0 spiro atoms. The zero-order valence-corrected chi connectivity index (χ0v) is 33.5. The second-order valence-corrected chi connectivity index (χ2v) is 14.4. The van der Waals surface area contributed by atoms with Crippen molar-refractivity contribution < 1.29 is 58.9 Å². The maximum Gasteiger partial charge on any atom is 0.347 e. The van der Waals surface area contributed by atoms with Gasteiger partial charge in [0.25, 0.3) is 0 Å². The molecule has 4 heterocycles. The lowest BCUT2D eigenvalue weighted by Gasteiger charge is -2.50. The number of esters is 2. The summed E-state index contributed by atoms with van der Waals surface area (Å²) < 4.78 is 15.3. The molecule has 5 aromatic carbocycles. The van der Waals surface area contributed by atoms with Crippen molar-refractivity contribution in [2.75, 3.05) is 20.2 Å². The van der Waals surface area contributed by atoms with E-state index in [9.17, 15) is 34.5 Å². The second-order valence-electron chi connectivity index (χ2n) is 14.4. The number of aromatic nitrogens is 1. The van der Waals surface area contributed by atoms with Crippen LogP contribution in [0.1, 0.15) is 65.9 Å². The number of aliphatic hydroxyl groups is 1. The van der Waals surface area contributed by atoms with Crippen LogP contribution < -0.4 is 14.2 Å². The number of aromatic hydroxyl groups is 2. The van der Waals surface area contributed by atoms with Gasteiger partial charge in [-0.15, -0.1) is 6.58 Å². The molecular formula is C48H44N2O12. The number of phenolic OH excluding ortho intramolecular Hbond substituents is 2. The summed E-state index contributed by atoms with van der Waals surface area (Å²) in [4.78, 5) is 52.5. The molecule has 1 aromatic heterocycles. The minimum atomic E-state index is -1.19. The maximum absolute atomic E-state index is 11.8. The number of aromatic carboxylic acids is 2. The Balaban J connectivity index is 0.000000157. The van der Waals surface area contributed by atoms with Crippen molar-refractivity contribution in [2.45, 2.75) is 25.0 Å². The highest BCUT2D eigenvalue weighted by atomic mass is 16.5. The zero-order chi connectivity index (χ0) is 44.3. The normalized spacial score (nSPS) is 17.8. The van der Waals surface area contributed by atoms with Gasteiger partial charge in [-0.1, -0.05) is 54.6 Å². The number of rotatable bonds is 10. The van der Waals surface area contributed by atoms with Crippen LogP contribution in [0.25, 0.3) is 10.9 Å². The molecule has 14 nitrogen and oxygen atoms in total. The number of benzene rings is 5. The minimum absolute atomic E-state index is 0.0253.